The van der Waals surface area contributed by atoms with Gasteiger partial charge in [0.15, 0.2) is 11.5 Å². The molecule has 126 valence electrons. The minimum atomic E-state index is -0.523. The third kappa shape index (κ3) is 3.23. The normalized spacial score (nSPS) is 19.6. The molecule has 0 saturated carbocycles. The van der Waals surface area contributed by atoms with E-state index in [1.165, 1.54) is 24.3 Å². The summed E-state index contributed by atoms with van der Waals surface area (Å²) in [5.41, 5.74) is 0.474. The van der Waals surface area contributed by atoms with Crippen molar-refractivity contribution in [2.75, 3.05) is 19.6 Å². The van der Waals surface area contributed by atoms with E-state index in [9.17, 15) is 24.6 Å². The molecule has 0 aliphatic carbocycles. The lowest BCUT2D eigenvalue weighted by molar-refractivity contribution is -0.135. The number of hydrogen-bond acceptors (Lipinski definition) is 6. The Morgan fingerprint density at radius 2 is 1.88 bits per heavy atom. The standard InChI is InChI=1S/C16H16N2O5S/c19-11-4-3-10(7-12(11)20)8-13-15(22)18(16(23)24-13)9-14(21)17-5-1-2-6-17/h3-4,7-8,19-20H,1-2,5-6,9H2. The van der Waals surface area contributed by atoms with Crippen LogP contribution in [0.5, 0.6) is 11.5 Å². The predicted molar refractivity (Wildman–Crippen MR) is 88.3 cm³/mol. The quantitative estimate of drug-likeness (QED) is 0.638. The topological polar surface area (TPSA) is 98.1 Å². The Bertz CT molecular complexity index is 740. The number of thioether (sulfide) groups is 1. The lowest BCUT2D eigenvalue weighted by Crippen LogP contribution is -2.40. The number of phenolic OH excluding ortho intramolecular Hbond substituents is 2. The van der Waals surface area contributed by atoms with Gasteiger partial charge in [0.25, 0.3) is 11.1 Å². The predicted octanol–water partition coefficient (Wildman–Crippen LogP) is 1.76. The van der Waals surface area contributed by atoms with Crippen LogP contribution in [0.25, 0.3) is 6.08 Å². The van der Waals surface area contributed by atoms with Gasteiger partial charge in [0, 0.05) is 13.1 Å². The largest absolute Gasteiger partial charge is 0.504 e. The minimum absolute atomic E-state index is 0.180. The van der Waals surface area contributed by atoms with E-state index in [0.29, 0.717) is 18.7 Å². The summed E-state index contributed by atoms with van der Waals surface area (Å²) in [5.74, 6) is -1.33. The van der Waals surface area contributed by atoms with Crippen LogP contribution in [0.3, 0.4) is 0 Å². The van der Waals surface area contributed by atoms with Gasteiger partial charge in [-0.25, -0.2) is 0 Å². The van der Waals surface area contributed by atoms with Crippen LogP contribution in [0, 0.1) is 0 Å². The molecular weight excluding hydrogens is 332 g/mol. The van der Waals surface area contributed by atoms with Gasteiger partial charge in [-0.3, -0.25) is 19.3 Å². The molecule has 1 aromatic rings. The molecule has 2 saturated heterocycles. The molecule has 8 heteroatoms. The van der Waals surface area contributed by atoms with Crippen molar-refractivity contribution in [2.45, 2.75) is 12.8 Å². The van der Waals surface area contributed by atoms with Crippen LogP contribution < -0.4 is 0 Å². The number of amides is 3. The first kappa shape index (κ1) is 16.4. The van der Waals surface area contributed by atoms with E-state index in [1.807, 2.05) is 0 Å². The van der Waals surface area contributed by atoms with Gasteiger partial charge >= 0.3 is 0 Å². The first-order valence-electron chi connectivity index (χ1n) is 7.51. The number of aromatic hydroxyl groups is 2. The molecule has 2 heterocycles. The molecule has 3 amide bonds. The molecule has 0 unspecified atom stereocenters. The summed E-state index contributed by atoms with van der Waals surface area (Å²) in [4.78, 5) is 39.3. The molecule has 7 nitrogen and oxygen atoms in total. The molecular formula is C16H16N2O5S. The van der Waals surface area contributed by atoms with Crippen LogP contribution in [0.15, 0.2) is 23.1 Å². The Morgan fingerprint density at radius 1 is 1.17 bits per heavy atom. The zero-order chi connectivity index (χ0) is 17.3. The zero-order valence-electron chi connectivity index (χ0n) is 12.8. The highest BCUT2D eigenvalue weighted by Crippen LogP contribution is 2.33. The average molecular weight is 348 g/mol. The molecule has 0 spiro atoms. The van der Waals surface area contributed by atoms with E-state index < -0.39 is 11.1 Å². The maximum atomic E-state index is 12.4. The van der Waals surface area contributed by atoms with Gasteiger partial charge in [0.2, 0.25) is 5.91 Å². The van der Waals surface area contributed by atoms with Crippen LogP contribution >= 0.6 is 11.8 Å². The Balaban J connectivity index is 1.74. The van der Waals surface area contributed by atoms with Crippen molar-refractivity contribution in [3.05, 3.63) is 28.7 Å². The maximum Gasteiger partial charge on any atom is 0.294 e. The van der Waals surface area contributed by atoms with E-state index in [4.69, 9.17) is 0 Å². The Kier molecular flexibility index (Phi) is 4.48. The van der Waals surface area contributed by atoms with Crippen LogP contribution in [0.4, 0.5) is 4.79 Å². The third-order valence-corrected chi connectivity index (χ3v) is 4.83. The summed E-state index contributed by atoms with van der Waals surface area (Å²) in [7, 11) is 0. The molecule has 0 radical (unpaired) electrons. The molecule has 24 heavy (non-hydrogen) atoms. The second-order valence-corrected chi connectivity index (χ2v) is 6.60. The number of rotatable bonds is 3. The zero-order valence-corrected chi connectivity index (χ0v) is 13.6. The Labute approximate surface area is 142 Å². The van der Waals surface area contributed by atoms with Gasteiger partial charge in [-0.2, -0.15) is 0 Å². The summed E-state index contributed by atoms with van der Waals surface area (Å²) in [5, 5.41) is 18.3. The van der Waals surface area contributed by atoms with Gasteiger partial charge < -0.3 is 15.1 Å². The maximum absolute atomic E-state index is 12.4. The smallest absolute Gasteiger partial charge is 0.294 e. The summed E-state index contributed by atoms with van der Waals surface area (Å²) in [6, 6.07) is 4.10. The minimum Gasteiger partial charge on any atom is -0.504 e. The van der Waals surface area contributed by atoms with Gasteiger partial charge in [-0.1, -0.05) is 6.07 Å². The molecule has 2 aliphatic rings. The highest BCUT2D eigenvalue weighted by molar-refractivity contribution is 8.18. The second-order valence-electron chi connectivity index (χ2n) is 5.60. The Hall–Kier alpha value is -2.48. The summed E-state index contributed by atoms with van der Waals surface area (Å²) in [6.07, 6.45) is 3.33. The first-order valence-corrected chi connectivity index (χ1v) is 8.32. The lowest BCUT2D eigenvalue weighted by atomic mass is 10.2. The van der Waals surface area contributed by atoms with Crippen LogP contribution in [0.1, 0.15) is 18.4 Å². The monoisotopic (exact) mass is 348 g/mol. The number of nitrogens with zero attached hydrogens (tertiary/aromatic N) is 2. The molecule has 2 fully saturated rings. The van der Waals surface area contributed by atoms with Gasteiger partial charge in [-0.05, 0) is 48.4 Å². The fourth-order valence-corrected chi connectivity index (χ4v) is 3.46. The van der Waals surface area contributed by atoms with E-state index >= 15 is 0 Å². The number of likely N-dealkylation sites (tertiary alicyclic amines) is 1. The number of hydrogen-bond donors (Lipinski definition) is 2. The van der Waals surface area contributed by atoms with E-state index in [0.717, 1.165) is 29.5 Å². The fourth-order valence-electron chi connectivity index (χ4n) is 2.62. The van der Waals surface area contributed by atoms with E-state index in [2.05, 4.69) is 0 Å². The SMILES string of the molecule is O=C(CN1C(=O)SC(=Cc2ccc(O)c(O)c2)C1=O)N1CCCC1. The van der Waals surface area contributed by atoms with Crippen molar-refractivity contribution in [1.29, 1.82) is 0 Å². The molecule has 2 N–H and O–H groups in total. The first-order chi connectivity index (χ1) is 11.5. The lowest BCUT2D eigenvalue weighted by Gasteiger charge is -2.18. The van der Waals surface area contributed by atoms with Gasteiger partial charge in [0.1, 0.15) is 6.54 Å². The van der Waals surface area contributed by atoms with Crippen molar-refractivity contribution < 1.29 is 24.6 Å². The molecule has 2 aliphatic heterocycles. The number of benzene rings is 1. The molecule has 0 atom stereocenters. The number of imide groups is 1. The van der Waals surface area contributed by atoms with Gasteiger partial charge in [0.05, 0.1) is 4.91 Å². The van der Waals surface area contributed by atoms with E-state index in [-0.39, 0.29) is 28.9 Å². The molecule has 0 aromatic heterocycles. The van der Waals surface area contributed by atoms with Crippen LogP contribution in [0.2, 0.25) is 0 Å². The van der Waals surface area contributed by atoms with Crippen LogP contribution in [-0.4, -0.2) is 56.7 Å². The summed E-state index contributed by atoms with van der Waals surface area (Å²) < 4.78 is 0. The Morgan fingerprint density at radius 3 is 2.54 bits per heavy atom. The number of carbonyl (C=O) groups is 3. The number of carbonyl (C=O) groups excluding carboxylic acids is 3. The highest BCUT2D eigenvalue weighted by atomic mass is 32.2. The van der Waals surface area contributed by atoms with Gasteiger partial charge in [-0.15, -0.1) is 0 Å². The summed E-state index contributed by atoms with van der Waals surface area (Å²) in [6.45, 7) is 1.08. The van der Waals surface area contributed by atoms with Crippen molar-refractivity contribution in [3.8, 4) is 11.5 Å². The van der Waals surface area contributed by atoms with Crippen molar-refractivity contribution in [2.24, 2.45) is 0 Å². The highest BCUT2D eigenvalue weighted by Gasteiger charge is 2.37. The second kappa shape index (κ2) is 6.56. The third-order valence-electron chi connectivity index (χ3n) is 3.92. The average Bonchev–Trinajstić information content (AvgIpc) is 3.16. The summed E-state index contributed by atoms with van der Waals surface area (Å²) >= 11 is 0.755. The van der Waals surface area contributed by atoms with Crippen molar-refractivity contribution >= 4 is 34.9 Å². The fraction of sp³-hybridized carbons (Fsp3) is 0.312. The molecule has 1 aromatic carbocycles. The van der Waals surface area contributed by atoms with Crippen molar-refractivity contribution in [1.82, 2.24) is 9.80 Å². The molecule has 3 rings (SSSR count). The number of phenols is 2. The van der Waals surface area contributed by atoms with Crippen molar-refractivity contribution in [3.63, 3.8) is 0 Å². The molecule has 0 bridgehead atoms. The van der Waals surface area contributed by atoms with Crippen LogP contribution in [-0.2, 0) is 9.59 Å². The van der Waals surface area contributed by atoms with E-state index in [1.54, 1.807) is 4.90 Å².